The number of benzene rings is 2. The molecule has 11 heteroatoms. The van der Waals surface area contributed by atoms with Gasteiger partial charge in [-0.2, -0.15) is 0 Å². The first kappa shape index (κ1) is 19.7. The Balaban J connectivity index is 1.69. The SMILES string of the molecule is CN(C(=O)Nc1ncc(Oc2cccc(F)c2)s1)c1cccc(S(N)(=O)=O)c1. The Labute approximate surface area is 164 Å². The Hall–Kier alpha value is -3.02. The molecule has 3 rings (SSSR count). The van der Waals surface area contributed by atoms with Crippen molar-refractivity contribution in [2.24, 2.45) is 5.14 Å². The number of primary sulfonamides is 1. The van der Waals surface area contributed by atoms with Crippen LogP contribution in [0.25, 0.3) is 0 Å². The first-order valence-electron chi connectivity index (χ1n) is 7.79. The fourth-order valence-corrected chi connectivity index (χ4v) is 3.40. The highest BCUT2D eigenvalue weighted by Crippen LogP contribution is 2.30. The van der Waals surface area contributed by atoms with E-state index in [1.165, 1.54) is 54.5 Å². The Bertz CT molecular complexity index is 1120. The van der Waals surface area contributed by atoms with Gasteiger partial charge >= 0.3 is 6.03 Å². The minimum absolute atomic E-state index is 0.107. The highest BCUT2D eigenvalue weighted by molar-refractivity contribution is 7.89. The van der Waals surface area contributed by atoms with Gasteiger partial charge in [0.25, 0.3) is 0 Å². The number of sulfonamides is 1. The highest BCUT2D eigenvalue weighted by Gasteiger charge is 2.16. The number of rotatable bonds is 5. The largest absolute Gasteiger partial charge is 0.445 e. The molecule has 0 aliphatic rings. The van der Waals surface area contributed by atoms with Crippen LogP contribution in [0.5, 0.6) is 10.8 Å². The molecule has 2 amide bonds. The van der Waals surface area contributed by atoms with E-state index >= 15 is 0 Å². The van der Waals surface area contributed by atoms with Gasteiger partial charge in [0.15, 0.2) is 5.13 Å². The lowest BCUT2D eigenvalue weighted by Crippen LogP contribution is -2.31. The zero-order chi connectivity index (χ0) is 20.3. The fraction of sp³-hybridized carbons (Fsp3) is 0.0588. The number of nitrogens with two attached hydrogens (primary N) is 1. The molecule has 0 bridgehead atoms. The summed E-state index contributed by atoms with van der Waals surface area (Å²) in [7, 11) is -2.42. The predicted octanol–water partition coefficient (Wildman–Crippen LogP) is 3.39. The van der Waals surface area contributed by atoms with E-state index in [1.807, 2.05) is 0 Å². The average molecular weight is 422 g/mol. The van der Waals surface area contributed by atoms with Crippen molar-refractivity contribution in [2.45, 2.75) is 4.90 Å². The molecule has 3 aromatic rings. The summed E-state index contributed by atoms with van der Waals surface area (Å²) in [5.74, 6) is -0.127. The number of ether oxygens (including phenoxy) is 1. The Kier molecular flexibility index (Phi) is 5.58. The number of hydrogen-bond acceptors (Lipinski definition) is 6. The Morgan fingerprint density at radius 2 is 2.00 bits per heavy atom. The molecule has 0 aliphatic carbocycles. The van der Waals surface area contributed by atoms with Gasteiger partial charge in [0.1, 0.15) is 11.6 Å². The van der Waals surface area contributed by atoms with Crippen LogP contribution in [0.15, 0.2) is 59.6 Å². The lowest BCUT2D eigenvalue weighted by molar-refractivity contribution is 0.258. The van der Waals surface area contributed by atoms with Gasteiger partial charge < -0.3 is 4.74 Å². The number of aromatic nitrogens is 1. The molecule has 2 aromatic carbocycles. The standard InChI is InChI=1S/C17H15FN4O4S2/c1-22(12-5-3-7-14(9-12)28(19,24)25)17(23)21-16-20-10-15(27-16)26-13-6-2-4-11(18)8-13/h2-10H,1H3,(H2,19,24,25)(H,20,21,23). The summed E-state index contributed by atoms with van der Waals surface area (Å²) < 4.78 is 41.6. The highest BCUT2D eigenvalue weighted by atomic mass is 32.2. The van der Waals surface area contributed by atoms with Crippen molar-refractivity contribution < 1.29 is 22.3 Å². The van der Waals surface area contributed by atoms with E-state index in [-0.39, 0.29) is 10.0 Å². The van der Waals surface area contributed by atoms with Crippen molar-refractivity contribution >= 4 is 38.2 Å². The third kappa shape index (κ3) is 4.82. The molecule has 0 atom stereocenters. The number of carbonyl (C=O) groups is 1. The quantitative estimate of drug-likeness (QED) is 0.654. The molecule has 0 radical (unpaired) electrons. The van der Waals surface area contributed by atoms with Gasteiger partial charge in [-0.25, -0.2) is 27.7 Å². The van der Waals surface area contributed by atoms with Crippen LogP contribution in [0.2, 0.25) is 0 Å². The van der Waals surface area contributed by atoms with Crippen molar-refractivity contribution in [3.63, 3.8) is 0 Å². The molecule has 28 heavy (non-hydrogen) atoms. The molecule has 0 saturated carbocycles. The summed E-state index contributed by atoms with van der Waals surface area (Å²) in [6.07, 6.45) is 1.40. The van der Waals surface area contributed by atoms with E-state index in [4.69, 9.17) is 9.88 Å². The van der Waals surface area contributed by atoms with Crippen LogP contribution in [0.3, 0.4) is 0 Å². The first-order chi connectivity index (χ1) is 13.2. The van der Waals surface area contributed by atoms with Gasteiger partial charge in [0.2, 0.25) is 15.1 Å². The Morgan fingerprint density at radius 1 is 1.25 bits per heavy atom. The number of nitrogens with one attached hydrogen (secondary N) is 1. The van der Waals surface area contributed by atoms with Gasteiger partial charge in [0, 0.05) is 18.8 Å². The van der Waals surface area contributed by atoms with Gasteiger partial charge in [-0.05, 0) is 30.3 Å². The number of hydrogen-bond donors (Lipinski definition) is 2. The summed E-state index contributed by atoms with van der Waals surface area (Å²) in [5.41, 5.74) is 0.330. The number of nitrogens with zero attached hydrogens (tertiary/aromatic N) is 2. The van der Waals surface area contributed by atoms with Gasteiger partial charge in [-0.1, -0.05) is 23.5 Å². The molecule has 8 nitrogen and oxygen atoms in total. The summed E-state index contributed by atoms with van der Waals surface area (Å²) in [6, 6.07) is 10.7. The second kappa shape index (κ2) is 7.92. The second-order valence-electron chi connectivity index (χ2n) is 5.58. The molecular formula is C17H15FN4O4S2. The maximum Gasteiger partial charge on any atom is 0.327 e. The minimum Gasteiger partial charge on any atom is -0.445 e. The van der Waals surface area contributed by atoms with E-state index in [0.717, 1.165) is 11.3 Å². The van der Waals surface area contributed by atoms with Crippen LogP contribution in [-0.2, 0) is 10.0 Å². The normalized spacial score (nSPS) is 11.1. The smallest absolute Gasteiger partial charge is 0.327 e. The molecular weight excluding hydrogens is 407 g/mol. The van der Waals surface area contributed by atoms with E-state index < -0.39 is 21.9 Å². The van der Waals surface area contributed by atoms with Crippen LogP contribution in [0, 0.1) is 5.82 Å². The van der Waals surface area contributed by atoms with Gasteiger partial charge in [0.05, 0.1) is 11.1 Å². The third-order valence-electron chi connectivity index (χ3n) is 3.55. The van der Waals surface area contributed by atoms with E-state index in [0.29, 0.717) is 16.5 Å². The van der Waals surface area contributed by atoms with Crippen LogP contribution in [-0.4, -0.2) is 26.5 Å². The van der Waals surface area contributed by atoms with Crippen LogP contribution < -0.4 is 20.1 Å². The molecule has 0 aliphatic heterocycles. The number of urea groups is 1. The molecule has 1 aromatic heterocycles. The van der Waals surface area contributed by atoms with Crippen molar-refractivity contribution in [1.82, 2.24) is 4.98 Å². The van der Waals surface area contributed by atoms with Crippen LogP contribution in [0.1, 0.15) is 0 Å². The van der Waals surface area contributed by atoms with Crippen molar-refractivity contribution in [1.29, 1.82) is 0 Å². The number of amides is 2. The molecule has 0 saturated heterocycles. The maximum absolute atomic E-state index is 13.2. The summed E-state index contributed by atoms with van der Waals surface area (Å²) >= 11 is 1.05. The molecule has 0 spiro atoms. The van der Waals surface area contributed by atoms with Gasteiger partial charge in [-0.3, -0.25) is 10.2 Å². The Morgan fingerprint density at radius 3 is 2.71 bits per heavy atom. The molecule has 0 fully saturated rings. The maximum atomic E-state index is 13.2. The van der Waals surface area contributed by atoms with E-state index in [1.54, 1.807) is 12.1 Å². The monoisotopic (exact) mass is 422 g/mol. The predicted molar refractivity (Wildman–Crippen MR) is 104 cm³/mol. The number of anilines is 2. The van der Waals surface area contributed by atoms with E-state index in [9.17, 15) is 17.6 Å². The minimum atomic E-state index is -3.88. The fourth-order valence-electron chi connectivity index (χ4n) is 2.17. The summed E-state index contributed by atoms with van der Waals surface area (Å²) in [6.45, 7) is 0. The second-order valence-corrected chi connectivity index (χ2v) is 8.13. The average Bonchev–Trinajstić information content (AvgIpc) is 3.07. The zero-order valence-electron chi connectivity index (χ0n) is 14.5. The summed E-state index contributed by atoms with van der Waals surface area (Å²) in [4.78, 5) is 17.5. The molecule has 0 unspecified atom stereocenters. The number of thiazole rings is 1. The lowest BCUT2D eigenvalue weighted by Gasteiger charge is -2.17. The third-order valence-corrected chi connectivity index (χ3v) is 5.25. The van der Waals surface area contributed by atoms with Crippen molar-refractivity contribution in [3.05, 3.63) is 60.5 Å². The van der Waals surface area contributed by atoms with E-state index in [2.05, 4.69) is 10.3 Å². The molecule has 3 N–H and O–H groups in total. The molecule has 146 valence electrons. The molecule has 1 heterocycles. The van der Waals surface area contributed by atoms with Gasteiger partial charge in [-0.15, -0.1) is 0 Å². The first-order valence-corrected chi connectivity index (χ1v) is 10.2. The number of carbonyl (C=O) groups excluding carboxylic acids is 1. The summed E-state index contributed by atoms with van der Waals surface area (Å²) in [5, 5.41) is 8.30. The lowest BCUT2D eigenvalue weighted by atomic mass is 10.3. The number of halogens is 1. The van der Waals surface area contributed by atoms with Crippen LogP contribution in [0.4, 0.5) is 20.0 Å². The van der Waals surface area contributed by atoms with Crippen LogP contribution >= 0.6 is 11.3 Å². The van der Waals surface area contributed by atoms with Crippen molar-refractivity contribution in [3.8, 4) is 10.8 Å². The van der Waals surface area contributed by atoms with Crippen molar-refractivity contribution in [2.75, 3.05) is 17.3 Å². The zero-order valence-corrected chi connectivity index (χ0v) is 16.1. The topological polar surface area (TPSA) is 115 Å².